The lowest BCUT2D eigenvalue weighted by Crippen LogP contribution is -2.59. The number of rotatable bonds is 2. The van der Waals surface area contributed by atoms with Gasteiger partial charge in [0.1, 0.15) is 5.41 Å². The van der Waals surface area contributed by atoms with Crippen LogP contribution in [0.1, 0.15) is 26.2 Å². The number of carbonyl (C=O) groups is 2. The number of amides is 2. The van der Waals surface area contributed by atoms with E-state index < -0.39 is 5.41 Å². The molecule has 0 atom stereocenters. The molecule has 7 heteroatoms. The second-order valence-electron chi connectivity index (χ2n) is 5.22. The van der Waals surface area contributed by atoms with Crippen molar-refractivity contribution in [2.24, 2.45) is 16.3 Å². The van der Waals surface area contributed by atoms with Crippen molar-refractivity contribution in [2.45, 2.75) is 26.2 Å². The summed E-state index contributed by atoms with van der Waals surface area (Å²) in [7, 11) is 0. The third-order valence-electron chi connectivity index (χ3n) is 4.23. The zero-order chi connectivity index (χ0) is 14.0. The highest BCUT2D eigenvalue weighted by Gasteiger charge is 2.50. The van der Waals surface area contributed by atoms with Gasteiger partial charge in [0.15, 0.2) is 5.84 Å². The van der Waals surface area contributed by atoms with Gasteiger partial charge < -0.3 is 20.7 Å². The number of carbonyl (C=O) groups excluding carboxylic acids is 2. The van der Waals surface area contributed by atoms with E-state index in [-0.39, 0.29) is 17.6 Å². The number of piperazine rings is 1. The predicted octanol–water partition coefficient (Wildman–Crippen LogP) is -0.406. The fraction of sp³-hybridized carbons (Fsp3) is 0.750. The summed E-state index contributed by atoms with van der Waals surface area (Å²) in [6.07, 6.45) is 2.18. The Bertz CT molecular complexity index is 409. The highest BCUT2D eigenvalue weighted by Crippen LogP contribution is 2.42. The average molecular weight is 268 g/mol. The zero-order valence-corrected chi connectivity index (χ0v) is 11.1. The molecule has 3 N–H and O–H groups in total. The SMILES string of the molecule is CC(=O)N1CCN(C(=O)C2(C(N)=NO)CCC2)CC1. The summed E-state index contributed by atoms with van der Waals surface area (Å²) < 4.78 is 0. The predicted molar refractivity (Wildman–Crippen MR) is 68.5 cm³/mol. The molecule has 7 nitrogen and oxygen atoms in total. The van der Waals surface area contributed by atoms with Gasteiger partial charge in [0.05, 0.1) is 0 Å². The first-order valence-corrected chi connectivity index (χ1v) is 6.54. The standard InChI is InChI=1S/C12H20N4O3/c1-9(17)15-5-7-16(8-6-15)11(18)12(3-2-4-12)10(13)14-19/h19H,2-8H2,1H3,(H2,13,14). The molecule has 2 fully saturated rings. The molecule has 1 aliphatic carbocycles. The molecule has 0 unspecified atom stereocenters. The van der Waals surface area contributed by atoms with Crippen molar-refractivity contribution in [3.8, 4) is 0 Å². The van der Waals surface area contributed by atoms with Gasteiger partial charge in [0.25, 0.3) is 0 Å². The number of oxime groups is 1. The van der Waals surface area contributed by atoms with Crippen LogP contribution in [0.15, 0.2) is 5.16 Å². The van der Waals surface area contributed by atoms with E-state index in [4.69, 9.17) is 10.9 Å². The average Bonchev–Trinajstić information content (AvgIpc) is 2.37. The minimum absolute atomic E-state index is 0.0118. The van der Waals surface area contributed by atoms with Gasteiger partial charge in [-0.05, 0) is 12.8 Å². The molecule has 0 aromatic heterocycles. The summed E-state index contributed by atoms with van der Waals surface area (Å²) in [6.45, 7) is 3.65. The molecule has 0 radical (unpaired) electrons. The van der Waals surface area contributed by atoms with Crippen LogP contribution >= 0.6 is 0 Å². The molecular formula is C12H20N4O3. The van der Waals surface area contributed by atoms with Crippen molar-refractivity contribution in [3.63, 3.8) is 0 Å². The van der Waals surface area contributed by atoms with E-state index in [0.717, 1.165) is 6.42 Å². The van der Waals surface area contributed by atoms with Gasteiger partial charge in [-0.15, -0.1) is 0 Å². The third kappa shape index (κ3) is 2.24. The molecule has 2 rings (SSSR count). The van der Waals surface area contributed by atoms with Gasteiger partial charge in [-0.1, -0.05) is 11.6 Å². The molecule has 1 aliphatic heterocycles. The Morgan fingerprint density at radius 2 is 1.68 bits per heavy atom. The molecule has 1 saturated heterocycles. The van der Waals surface area contributed by atoms with Crippen molar-refractivity contribution in [1.29, 1.82) is 0 Å². The van der Waals surface area contributed by atoms with E-state index in [1.165, 1.54) is 6.92 Å². The molecule has 0 aromatic rings. The molecule has 106 valence electrons. The Morgan fingerprint density at radius 3 is 2.05 bits per heavy atom. The summed E-state index contributed by atoms with van der Waals surface area (Å²) in [6, 6.07) is 0. The maximum absolute atomic E-state index is 12.5. The number of amidine groups is 1. The van der Waals surface area contributed by atoms with Gasteiger partial charge in [0.2, 0.25) is 11.8 Å². The number of hydrogen-bond donors (Lipinski definition) is 2. The van der Waals surface area contributed by atoms with Crippen molar-refractivity contribution < 1.29 is 14.8 Å². The first kappa shape index (κ1) is 13.6. The summed E-state index contributed by atoms with van der Waals surface area (Å²) in [4.78, 5) is 27.2. The second-order valence-corrected chi connectivity index (χ2v) is 5.22. The van der Waals surface area contributed by atoms with E-state index in [0.29, 0.717) is 39.0 Å². The Balaban J connectivity index is 2.03. The van der Waals surface area contributed by atoms with Crippen LogP contribution in [0.4, 0.5) is 0 Å². The van der Waals surface area contributed by atoms with E-state index in [9.17, 15) is 9.59 Å². The largest absolute Gasteiger partial charge is 0.409 e. The Hall–Kier alpha value is -1.79. The topological polar surface area (TPSA) is 99.2 Å². The molecule has 19 heavy (non-hydrogen) atoms. The van der Waals surface area contributed by atoms with Crippen LogP contribution in [-0.2, 0) is 9.59 Å². The van der Waals surface area contributed by atoms with E-state index in [1.807, 2.05) is 0 Å². The summed E-state index contributed by atoms with van der Waals surface area (Å²) in [5.74, 6) is -0.0307. The quantitative estimate of drug-likeness (QED) is 0.308. The maximum atomic E-state index is 12.5. The lowest BCUT2D eigenvalue weighted by atomic mass is 9.66. The Kier molecular flexibility index (Phi) is 3.64. The maximum Gasteiger partial charge on any atom is 0.236 e. The molecule has 0 aromatic carbocycles. The number of nitrogens with two attached hydrogens (primary N) is 1. The van der Waals surface area contributed by atoms with Crippen LogP contribution < -0.4 is 5.73 Å². The van der Waals surface area contributed by atoms with Gasteiger partial charge in [-0.3, -0.25) is 9.59 Å². The van der Waals surface area contributed by atoms with Crippen LogP contribution in [0.25, 0.3) is 0 Å². The van der Waals surface area contributed by atoms with Gasteiger partial charge in [0, 0.05) is 33.1 Å². The van der Waals surface area contributed by atoms with Crippen molar-refractivity contribution in [2.75, 3.05) is 26.2 Å². The smallest absolute Gasteiger partial charge is 0.236 e. The van der Waals surface area contributed by atoms with Crippen LogP contribution in [0.2, 0.25) is 0 Å². The molecule has 2 aliphatic rings. The summed E-state index contributed by atoms with van der Waals surface area (Å²) >= 11 is 0. The Labute approximate surface area is 112 Å². The minimum atomic E-state index is -0.812. The van der Waals surface area contributed by atoms with Gasteiger partial charge in [-0.25, -0.2) is 0 Å². The monoisotopic (exact) mass is 268 g/mol. The normalized spacial score (nSPS) is 22.9. The second kappa shape index (κ2) is 5.07. The lowest BCUT2D eigenvalue weighted by molar-refractivity contribution is -0.146. The van der Waals surface area contributed by atoms with Crippen molar-refractivity contribution in [3.05, 3.63) is 0 Å². The lowest BCUT2D eigenvalue weighted by Gasteiger charge is -2.44. The molecule has 1 saturated carbocycles. The minimum Gasteiger partial charge on any atom is -0.409 e. The Morgan fingerprint density at radius 1 is 1.16 bits per heavy atom. The zero-order valence-electron chi connectivity index (χ0n) is 11.1. The molecule has 1 heterocycles. The highest BCUT2D eigenvalue weighted by atomic mass is 16.4. The molecule has 0 spiro atoms. The van der Waals surface area contributed by atoms with Crippen LogP contribution in [0.3, 0.4) is 0 Å². The fourth-order valence-corrected chi connectivity index (χ4v) is 2.73. The van der Waals surface area contributed by atoms with Crippen LogP contribution in [0.5, 0.6) is 0 Å². The summed E-state index contributed by atoms with van der Waals surface area (Å²) in [5, 5.41) is 11.9. The first-order valence-electron chi connectivity index (χ1n) is 6.54. The highest BCUT2D eigenvalue weighted by molar-refractivity contribution is 6.07. The molecule has 0 bridgehead atoms. The van der Waals surface area contributed by atoms with Gasteiger partial charge in [-0.2, -0.15) is 0 Å². The van der Waals surface area contributed by atoms with Crippen LogP contribution in [-0.4, -0.2) is 58.8 Å². The number of hydrogen-bond acceptors (Lipinski definition) is 4. The number of nitrogens with zero attached hydrogens (tertiary/aromatic N) is 3. The van der Waals surface area contributed by atoms with Crippen molar-refractivity contribution in [1.82, 2.24) is 9.80 Å². The molecule has 2 amide bonds. The van der Waals surface area contributed by atoms with Gasteiger partial charge >= 0.3 is 0 Å². The third-order valence-corrected chi connectivity index (χ3v) is 4.23. The first-order chi connectivity index (χ1) is 9.01. The molecular weight excluding hydrogens is 248 g/mol. The fourth-order valence-electron chi connectivity index (χ4n) is 2.73. The summed E-state index contributed by atoms with van der Waals surface area (Å²) in [5.41, 5.74) is 4.87. The van der Waals surface area contributed by atoms with E-state index in [2.05, 4.69) is 5.16 Å². The van der Waals surface area contributed by atoms with Crippen LogP contribution in [0, 0.1) is 5.41 Å². The van der Waals surface area contributed by atoms with Crippen molar-refractivity contribution >= 4 is 17.6 Å². The van der Waals surface area contributed by atoms with E-state index in [1.54, 1.807) is 9.80 Å². The van der Waals surface area contributed by atoms with E-state index >= 15 is 0 Å².